The predicted octanol–water partition coefficient (Wildman–Crippen LogP) is 3.01. The second-order valence-corrected chi connectivity index (χ2v) is 4.76. The van der Waals surface area contributed by atoms with Crippen LogP contribution >= 0.6 is 11.6 Å². The number of nitrogens with one attached hydrogen (secondary N) is 1. The van der Waals surface area contributed by atoms with Crippen molar-refractivity contribution in [3.05, 3.63) is 34.6 Å². The van der Waals surface area contributed by atoms with E-state index in [9.17, 15) is 4.39 Å². The Kier molecular flexibility index (Phi) is 7.31. The number of halogens is 2. The number of hydrogen-bond acceptors (Lipinski definition) is 3. The molecule has 0 aromatic heterocycles. The van der Waals surface area contributed by atoms with Crippen LogP contribution in [0.2, 0.25) is 5.02 Å². The van der Waals surface area contributed by atoms with E-state index in [-0.39, 0.29) is 17.4 Å². The maximum Gasteiger partial charge on any atom is 0.172 e. The number of methoxy groups -OCH3 is 2. The Bertz CT molecular complexity index is 386. The number of benzene rings is 1. The standard InChI is InChI=1S/C14H21ClFNO2/c1-4-7-17-13(14(18-2)19-3)9-10-5-6-11(15)12(16)8-10/h5-6,8,13-14,17H,4,7,9H2,1-3H3. The first-order chi connectivity index (χ1) is 9.12. The average molecular weight is 290 g/mol. The van der Waals surface area contributed by atoms with Gasteiger partial charge in [0.15, 0.2) is 6.29 Å². The van der Waals surface area contributed by atoms with Gasteiger partial charge < -0.3 is 14.8 Å². The largest absolute Gasteiger partial charge is 0.354 e. The number of rotatable bonds is 8. The van der Waals surface area contributed by atoms with Crippen LogP contribution in [0.1, 0.15) is 18.9 Å². The summed E-state index contributed by atoms with van der Waals surface area (Å²) in [7, 11) is 3.19. The van der Waals surface area contributed by atoms with Gasteiger partial charge in [-0.2, -0.15) is 0 Å². The highest BCUT2D eigenvalue weighted by Gasteiger charge is 2.20. The molecule has 0 saturated carbocycles. The van der Waals surface area contributed by atoms with Gasteiger partial charge in [0, 0.05) is 14.2 Å². The second-order valence-electron chi connectivity index (χ2n) is 4.35. The lowest BCUT2D eigenvalue weighted by molar-refractivity contribution is -0.122. The van der Waals surface area contributed by atoms with Crippen LogP contribution in [0.15, 0.2) is 18.2 Å². The monoisotopic (exact) mass is 289 g/mol. The maximum absolute atomic E-state index is 13.4. The lowest BCUT2D eigenvalue weighted by Gasteiger charge is -2.26. The SMILES string of the molecule is CCCNC(Cc1ccc(Cl)c(F)c1)C(OC)OC. The molecule has 19 heavy (non-hydrogen) atoms. The Labute approximate surface area is 119 Å². The second kappa shape index (κ2) is 8.48. The molecular weight excluding hydrogens is 269 g/mol. The highest BCUT2D eigenvalue weighted by Crippen LogP contribution is 2.17. The molecule has 1 atom stereocenters. The Morgan fingerprint density at radius 1 is 1.32 bits per heavy atom. The molecule has 0 saturated heterocycles. The summed E-state index contributed by atoms with van der Waals surface area (Å²) in [5, 5.41) is 3.48. The van der Waals surface area contributed by atoms with Crippen molar-refractivity contribution in [2.24, 2.45) is 0 Å². The summed E-state index contributed by atoms with van der Waals surface area (Å²) in [4.78, 5) is 0. The fraction of sp³-hybridized carbons (Fsp3) is 0.571. The van der Waals surface area contributed by atoms with Crippen LogP contribution in [0.5, 0.6) is 0 Å². The van der Waals surface area contributed by atoms with Gasteiger partial charge in [-0.3, -0.25) is 0 Å². The summed E-state index contributed by atoms with van der Waals surface area (Å²) in [6, 6.07) is 4.80. The van der Waals surface area contributed by atoms with E-state index >= 15 is 0 Å². The molecule has 0 bridgehead atoms. The molecule has 0 heterocycles. The van der Waals surface area contributed by atoms with Crippen LogP contribution in [-0.4, -0.2) is 33.1 Å². The van der Waals surface area contributed by atoms with Crippen molar-refractivity contribution >= 4 is 11.6 Å². The zero-order chi connectivity index (χ0) is 14.3. The predicted molar refractivity (Wildman–Crippen MR) is 75.0 cm³/mol. The molecule has 0 fully saturated rings. The third-order valence-electron chi connectivity index (χ3n) is 2.89. The van der Waals surface area contributed by atoms with Crippen molar-refractivity contribution in [3.8, 4) is 0 Å². The molecular formula is C14H21ClFNO2. The summed E-state index contributed by atoms with van der Waals surface area (Å²) in [5.74, 6) is -0.403. The molecule has 5 heteroatoms. The lowest BCUT2D eigenvalue weighted by Crippen LogP contribution is -2.44. The zero-order valence-electron chi connectivity index (χ0n) is 11.6. The molecule has 3 nitrogen and oxygen atoms in total. The van der Waals surface area contributed by atoms with Gasteiger partial charge in [-0.15, -0.1) is 0 Å². The van der Waals surface area contributed by atoms with Crippen LogP contribution < -0.4 is 5.32 Å². The fourth-order valence-corrected chi connectivity index (χ4v) is 2.06. The van der Waals surface area contributed by atoms with Crippen LogP contribution in [0.4, 0.5) is 4.39 Å². The van der Waals surface area contributed by atoms with E-state index in [1.165, 1.54) is 6.07 Å². The van der Waals surface area contributed by atoms with E-state index in [0.29, 0.717) is 6.42 Å². The topological polar surface area (TPSA) is 30.5 Å². The molecule has 0 spiro atoms. The molecule has 1 aromatic rings. The summed E-state index contributed by atoms with van der Waals surface area (Å²) < 4.78 is 24.0. The number of hydrogen-bond donors (Lipinski definition) is 1. The van der Waals surface area contributed by atoms with Gasteiger partial charge in [0.25, 0.3) is 0 Å². The van der Waals surface area contributed by atoms with Crippen molar-refractivity contribution < 1.29 is 13.9 Å². The van der Waals surface area contributed by atoms with Crippen LogP contribution in [0.3, 0.4) is 0 Å². The van der Waals surface area contributed by atoms with Gasteiger partial charge in [-0.25, -0.2) is 4.39 Å². The van der Waals surface area contributed by atoms with E-state index in [1.54, 1.807) is 20.3 Å². The third kappa shape index (κ3) is 5.07. The molecule has 1 rings (SSSR count). The minimum Gasteiger partial charge on any atom is -0.354 e. The summed E-state index contributed by atoms with van der Waals surface area (Å²) >= 11 is 5.68. The zero-order valence-corrected chi connectivity index (χ0v) is 12.3. The summed E-state index contributed by atoms with van der Waals surface area (Å²) in [5.41, 5.74) is 0.856. The molecule has 0 radical (unpaired) electrons. The lowest BCUT2D eigenvalue weighted by atomic mass is 10.0. The van der Waals surface area contributed by atoms with Gasteiger partial charge >= 0.3 is 0 Å². The molecule has 0 aliphatic heterocycles. The summed E-state index contributed by atoms with van der Waals surface area (Å²) in [6.07, 6.45) is 1.25. The maximum atomic E-state index is 13.4. The highest BCUT2D eigenvalue weighted by atomic mass is 35.5. The van der Waals surface area contributed by atoms with Gasteiger partial charge in [0.1, 0.15) is 5.82 Å². The fourth-order valence-electron chi connectivity index (χ4n) is 1.94. The quantitative estimate of drug-likeness (QED) is 0.746. The van der Waals surface area contributed by atoms with E-state index < -0.39 is 5.82 Å². The molecule has 1 aromatic carbocycles. The Morgan fingerprint density at radius 3 is 2.53 bits per heavy atom. The van der Waals surface area contributed by atoms with E-state index in [0.717, 1.165) is 18.5 Å². The normalized spacial score (nSPS) is 12.9. The first kappa shape index (κ1) is 16.4. The van der Waals surface area contributed by atoms with Crippen molar-refractivity contribution in [2.45, 2.75) is 32.1 Å². The Balaban J connectivity index is 2.77. The van der Waals surface area contributed by atoms with E-state index in [4.69, 9.17) is 21.1 Å². The van der Waals surface area contributed by atoms with Crippen LogP contribution in [-0.2, 0) is 15.9 Å². The minimum absolute atomic E-state index is 0.0319. The van der Waals surface area contributed by atoms with E-state index in [2.05, 4.69) is 12.2 Å². The molecule has 0 aliphatic rings. The number of ether oxygens (including phenoxy) is 2. The molecule has 108 valence electrons. The van der Waals surface area contributed by atoms with Gasteiger partial charge in [0.2, 0.25) is 0 Å². The van der Waals surface area contributed by atoms with Gasteiger partial charge in [-0.1, -0.05) is 24.6 Å². The first-order valence-corrected chi connectivity index (χ1v) is 6.73. The van der Waals surface area contributed by atoms with Crippen molar-refractivity contribution in [1.82, 2.24) is 5.32 Å². The van der Waals surface area contributed by atoms with Crippen LogP contribution in [0.25, 0.3) is 0 Å². The van der Waals surface area contributed by atoms with Crippen LogP contribution in [0, 0.1) is 5.82 Å². The van der Waals surface area contributed by atoms with Crippen molar-refractivity contribution in [3.63, 3.8) is 0 Å². The first-order valence-electron chi connectivity index (χ1n) is 6.35. The van der Waals surface area contributed by atoms with Crippen molar-refractivity contribution in [2.75, 3.05) is 20.8 Å². The average Bonchev–Trinajstić information content (AvgIpc) is 2.41. The highest BCUT2D eigenvalue weighted by molar-refractivity contribution is 6.30. The summed E-state index contributed by atoms with van der Waals surface area (Å²) in [6.45, 7) is 2.94. The van der Waals surface area contributed by atoms with Gasteiger partial charge in [0.05, 0.1) is 11.1 Å². The third-order valence-corrected chi connectivity index (χ3v) is 3.20. The minimum atomic E-state index is -0.403. The van der Waals surface area contributed by atoms with Crippen molar-refractivity contribution in [1.29, 1.82) is 0 Å². The van der Waals surface area contributed by atoms with E-state index in [1.807, 2.05) is 6.07 Å². The molecule has 0 amide bonds. The smallest absolute Gasteiger partial charge is 0.172 e. The molecule has 1 unspecified atom stereocenters. The van der Waals surface area contributed by atoms with Gasteiger partial charge in [-0.05, 0) is 37.1 Å². The Hall–Kier alpha value is -0.680. The molecule has 0 aliphatic carbocycles. The Morgan fingerprint density at radius 2 is 2.00 bits per heavy atom. The molecule has 1 N–H and O–H groups in total.